The Bertz CT molecular complexity index is 293. The summed E-state index contributed by atoms with van der Waals surface area (Å²) in [6.07, 6.45) is 6.64. The summed E-state index contributed by atoms with van der Waals surface area (Å²) in [5, 5.41) is 7.25. The van der Waals surface area contributed by atoms with Crippen LogP contribution < -0.4 is 10.1 Å². The highest BCUT2D eigenvalue weighted by Gasteiger charge is 2.13. The maximum Gasteiger partial charge on any atom is 0.254 e. The fourth-order valence-electron chi connectivity index (χ4n) is 2.03. The van der Waals surface area contributed by atoms with Gasteiger partial charge in [-0.3, -0.25) is 0 Å². The lowest BCUT2D eigenvalue weighted by Crippen LogP contribution is -2.30. The minimum atomic E-state index is 0.551. The third-order valence-electron chi connectivity index (χ3n) is 2.92. The Hall–Kier alpha value is -1.03. The van der Waals surface area contributed by atoms with Crippen molar-refractivity contribution in [2.75, 3.05) is 7.11 Å². The molecule has 0 atom stereocenters. The van der Waals surface area contributed by atoms with Gasteiger partial charge in [0, 0.05) is 12.1 Å². The van der Waals surface area contributed by atoms with Gasteiger partial charge in [0.2, 0.25) is 0 Å². The first kappa shape index (κ1) is 10.5. The van der Waals surface area contributed by atoms with Crippen LogP contribution in [-0.2, 0) is 6.54 Å². The van der Waals surface area contributed by atoms with Gasteiger partial charge in [-0.05, 0) is 18.0 Å². The van der Waals surface area contributed by atoms with Crippen molar-refractivity contribution in [3.8, 4) is 5.88 Å². The molecule has 0 saturated heterocycles. The molecule has 1 aromatic rings. The fourth-order valence-corrected chi connectivity index (χ4v) is 2.03. The lowest BCUT2D eigenvalue weighted by atomic mass is 9.95. The quantitative estimate of drug-likeness (QED) is 0.826. The largest absolute Gasteiger partial charge is 0.479 e. The summed E-state index contributed by atoms with van der Waals surface area (Å²) in [6, 6.07) is 2.48. The van der Waals surface area contributed by atoms with Crippen molar-refractivity contribution in [1.82, 2.24) is 10.5 Å². The maximum absolute atomic E-state index is 5.11. The third-order valence-corrected chi connectivity index (χ3v) is 2.92. The van der Waals surface area contributed by atoms with Gasteiger partial charge in [-0.15, -0.1) is 0 Å². The third kappa shape index (κ3) is 2.96. The van der Waals surface area contributed by atoms with Crippen molar-refractivity contribution in [3.05, 3.63) is 11.8 Å². The highest BCUT2D eigenvalue weighted by Crippen LogP contribution is 2.18. The molecule has 0 unspecified atom stereocenters. The normalized spacial score (nSPS) is 17.9. The Balaban J connectivity index is 1.76. The van der Waals surface area contributed by atoms with Gasteiger partial charge in [0.1, 0.15) is 0 Å². The number of methoxy groups -OCH3 is 1. The van der Waals surface area contributed by atoms with Crippen molar-refractivity contribution in [1.29, 1.82) is 0 Å². The molecule has 1 aromatic heterocycles. The Morgan fingerprint density at radius 2 is 2.27 bits per heavy atom. The van der Waals surface area contributed by atoms with Crippen LogP contribution >= 0.6 is 0 Å². The van der Waals surface area contributed by atoms with Crippen LogP contribution in [0.2, 0.25) is 0 Å². The first-order valence-corrected chi connectivity index (χ1v) is 5.61. The average molecular weight is 210 g/mol. The molecule has 0 aromatic carbocycles. The van der Waals surface area contributed by atoms with Crippen LogP contribution in [0.25, 0.3) is 0 Å². The Labute approximate surface area is 90.0 Å². The molecular formula is C11H18N2O2. The lowest BCUT2D eigenvalue weighted by molar-refractivity contribution is 0.310. The number of hydrogen-bond acceptors (Lipinski definition) is 4. The van der Waals surface area contributed by atoms with Crippen LogP contribution in [0.5, 0.6) is 5.88 Å². The van der Waals surface area contributed by atoms with Gasteiger partial charge in [-0.1, -0.05) is 19.3 Å². The van der Waals surface area contributed by atoms with Gasteiger partial charge in [0.15, 0.2) is 5.76 Å². The lowest BCUT2D eigenvalue weighted by Gasteiger charge is -2.21. The molecule has 0 amide bonds. The van der Waals surface area contributed by atoms with E-state index >= 15 is 0 Å². The smallest absolute Gasteiger partial charge is 0.254 e. The summed E-state index contributed by atoms with van der Waals surface area (Å²) >= 11 is 0. The van der Waals surface area contributed by atoms with Crippen molar-refractivity contribution >= 4 is 0 Å². The van der Waals surface area contributed by atoms with E-state index in [1.165, 1.54) is 32.1 Å². The predicted molar refractivity (Wildman–Crippen MR) is 56.8 cm³/mol. The van der Waals surface area contributed by atoms with E-state index < -0.39 is 0 Å². The Kier molecular flexibility index (Phi) is 3.61. The minimum Gasteiger partial charge on any atom is -0.479 e. The van der Waals surface area contributed by atoms with Crippen molar-refractivity contribution in [2.45, 2.75) is 44.7 Å². The van der Waals surface area contributed by atoms with E-state index in [1.54, 1.807) is 7.11 Å². The number of rotatable bonds is 4. The van der Waals surface area contributed by atoms with E-state index in [-0.39, 0.29) is 0 Å². The molecule has 1 saturated carbocycles. The zero-order valence-electron chi connectivity index (χ0n) is 9.16. The summed E-state index contributed by atoms with van der Waals surface area (Å²) < 4.78 is 10.1. The van der Waals surface area contributed by atoms with Gasteiger partial charge in [0.25, 0.3) is 5.88 Å². The molecule has 1 aliphatic rings. The Morgan fingerprint density at radius 3 is 2.93 bits per heavy atom. The summed E-state index contributed by atoms with van der Waals surface area (Å²) in [7, 11) is 1.59. The van der Waals surface area contributed by atoms with Gasteiger partial charge < -0.3 is 14.6 Å². The predicted octanol–water partition coefficient (Wildman–Crippen LogP) is 2.11. The summed E-state index contributed by atoms with van der Waals surface area (Å²) in [5.74, 6) is 1.40. The van der Waals surface area contributed by atoms with E-state index in [0.717, 1.165) is 12.3 Å². The standard InChI is InChI=1S/C11H18N2O2/c1-14-11-7-10(15-13-11)8-12-9-5-3-2-4-6-9/h7,9,12H,2-6,8H2,1H3. The second-order valence-electron chi connectivity index (χ2n) is 4.05. The molecular weight excluding hydrogens is 192 g/mol. The number of nitrogens with one attached hydrogen (secondary N) is 1. The van der Waals surface area contributed by atoms with E-state index in [1.807, 2.05) is 6.07 Å². The van der Waals surface area contributed by atoms with Crippen molar-refractivity contribution in [3.63, 3.8) is 0 Å². The van der Waals surface area contributed by atoms with Gasteiger partial charge in [0.05, 0.1) is 13.7 Å². The van der Waals surface area contributed by atoms with Gasteiger partial charge in [-0.2, -0.15) is 0 Å². The molecule has 0 spiro atoms. The molecule has 4 nitrogen and oxygen atoms in total. The molecule has 84 valence electrons. The van der Waals surface area contributed by atoms with Crippen LogP contribution in [0.3, 0.4) is 0 Å². The number of aromatic nitrogens is 1. The van der Waals surface area contributed by atoms with Crippen LogP contribution in [0, 0.1) is 0 Å². The highest BCUT2D eigenvalue weighted by molar-refractivity contribution is 5.10. The number of hydrogen-bond donors (Lipinski definition) is 1. The van der Waals surface area contributed by atoms with Gasteiger partial charge >= 0.3 is 0 Å². The second kappa shape index (κ2) is 5.16. The monoisotopic (exact) mass is 210 g/mol. The molecule has 0 bridgehead atoms. The van der Waals surface area contributed by atoms with Crippen LogP contribution in [0.15, 0.2) is 10.6 Å². The van der Waals surface area contributed by atoms with Crippen molar-refractivity contribution < 1.29 is 9.26 Å². The maximum atomic E-state index is 5.11. The Morgan fingerprint density at radius 1 is 1.47 bits per heavy atom. The number of ether oxygens (including phenoxy) is 1. The zero-order chi connectivity index (χ0) is 10.5. The highest BCUT2D eigenvalue weighted by atomic mass is 16.5. The molecule has 1 fully saturated rings. The molecule has 1 N–H and O–H groups in total. The second-order valence-corrected chi connectivity index (χ2v) is 4.05. The molecule has 1 heterocycles. The molecule has 1 aliphatic carbocycles. The first-order chi connectivity index (χ1) is 7.38. The van der Waals surface area contributed by atoms with E-state index in [0.29, 0.717) is 11.9 Å². The van der Waals surface area contributed by atoms with Crippen LogP contribution in [0.4, 0.5) is 0 Å². The number of nitrogens with zero attached hydrogens (tertiary/aromatic N) is 1. The minimum absolute atomic E-state index is 0.551. The van der Waals surface area contributed by atoms with Crippen LogP contribution in [-0.4, -0.2) is 18.3 Å². The summed E-state index contributed by atoms with van der Waals surface area (Å²) in [4.78, 5) is 0. The SMILES string of the molecule is COc1cc(CNC2CCCCC2)on1. The molecule has 15 heavy (non-hydrogen) atoms. The molecule has 0 radical (unpaired) electrons. The molecule has 2 rings (SSSR count). The summed E-state index contributed by atoms with van der Waals surface area (Å²) in [5.41, 5.74) is 0. The van der Waals surface area contributed by atoms with Gasteiger partial charge in [-0.25, -0.2) is 0 Å². The average Bonchev–Trinajstić information content (AvgIpc) is 2.76. The molecule has 0 aliphatic heterocycles. The topological polar surface area (TPSA) is 47.3 Å². The fraction of sp³-hybridized carbons (Fsp3) is 0.727. The first-order valence-electron chi connectivity index (χ1n) is 5.61. The summed E-state index contributed by atoms with van der Waals surface area (Å²) in [6.45, 7) is 0.751. The van der Waals surface area contributed by atoms with Crippen molar-refractivity contribution in [2.24, 2.45) is 0 Å². The van der Waals surface area contributed by atoms with E-state index in [9.17, 15) is 0 Å². The van der Waals surface area contributed by atoms with E-state index in [2.05, 4.69) is 10.5 Å². The zero-order valence-corrected chi connectivity index (χ0v) is 9.16. The van der Waals surface area contributed by atoms with Crippen LogP contribution in [0.1, 0.15) is 37.9 Å². The van der Waals surface area contributed by atoms with E-state index in [4.69, 9.17) is 9.26 Å². The molecule has 4 heteroatoms.